The highest BCUT2D eigenvalue weighted by Crippen LogP contribution is 2.33. The molecule has 0 saturated carbocycles. The van der Waals surface area contributed by atoms with E-state index < -0.39 is 17.6 Å². The SMILES string of the molecule is O=C(c1ccccc1C(F)(F)F)N1CCC(Nc2nc3ccc(F)cc3s2)C1. The molecule has 1 N–H and O–H groups in total. The van der Waals surface area contributed by atoms with Crippen molar-refractivity contribution in [2.45, 2.75) is 18.6 Å². The molecule has 1 atom stereocenters. The Labute approximate surface area is 161 Å². The third kappa shape index (κ3) is 3.66. The fourth-order valence-corrected chi connectivity index (χ4v) is 4.25. The van der Waals surface area contributed by atoms with Crippen LogP contribution in [0.25, 0.3) is 10.2 Å². The van der Waals surface area contributed by atoms with Crippen LogP contribution in [0.3, 0.4) is 0 Å². The lowest BCUT2D eigenvalue weighted by atomic mass is 10.1. The largest absolute Gasteiger partial charge is 0.417 e. The first-order valence-corrected chi connectivity index (χ1v) is 9.41. The maximum absolute atomic E-state index is 13.3. The van der Waals surface area contributed by atoms with E-state index in [2.05, 4.69) is 10.3 Å². The molecule has 0 bridgehead atoms. The van der Waals surface area contributed by atoms with Crippen LogP contribution in [-0.4, -0.2) is 34.9 Å². The van der Waals surface area contributed by atoms with Gasteiger partial charge in [-0.3, -0.25) is 4.79 Å². The molecule has 1 aliphatic heterocycles. The Bertz CT molecular complexity index is 1030. The average molecular weight is 409 g/mol. The summed E-state index contributed by atoms with van der Waals surface area (Å²) in [7, 11) is 0. The zero-order chi connectivity index (χ0) is 19.9. The van der Waals surface area contributed by atoms with Gasteiger partial charge in [0.1, 0.15) is 5.82 Å². The molecule has 2 heterocycles. The molecule has 1 fully saturated rings. The summed E-state index contributed by atoms with van der Waals surface area (Å²) in [6.07, 6.45) is -4.00. The second kappa shape index (κ2) is 7.05. The van der Waals surface area contributed by atoms with Gasteiger partial charge in [0.25, 0.3) is 5.91 Å². The maximum atomic E-state index is 13.3. The van der Waals surface area contributed by atoms with Gasteiger partial charge in [-0.05, 0) is 36.8 Å². The summed E-state index contributed by atoms with van der Waals surface area (Å²) >= 11 is 1.30. The molecule has 1 aromatic heterocycles. The molecule has 4 nitrogen and oxygen atoms in total. The fourth-order valence-electron chi connectivity index (χ4n) is 3.28. The predicted molar refractivity (Wildman–Crippen MR) is 99.0 cm³/mol. The Hall–Kier alpha value is -2.68. The number of fused-ring (bicyclic) bond motifs is 1. The lowest BCUT2D eigenvalue weighted by molar-refractivity contribution is -0.138. The van der Waals surface area contributed by atoms with Crippen LogP contribution in [0.2, 0.25) is 0 Å². The number of hydrogen-bond donors (Lipinski definition) is 1. The molecule has 0 radical (unpaired) electrons. The quantitative estimate of drug-likeness (QED) is 0.634. The van der Waals surface area contributed by atoms with Crippen LogP contribution < -0.4 is 5.32 Å². The first kappa shape index (κ1) is 18.7. The van der Waals surface area contributed by atoms with Gasteiger partial charge in [0.2, 0.25) is 0 Å². The number of halogens is 4. The Balaban J connectivity index is 1.47. The van der Waals surface area contributed by atoms with Gasteiger partial charge >= 0.3 is 6.18 Å². The first-order valence-electron chi connectivity index (χ1n) is 8.59. The van der Waals surface area contributed by atoms with Crippen LogP contribution in [-0.2, 0) is 6.18 Å². The number of rotatable bonds is 3. The van der Waals surface area contributed by atoms with E-state index in [1.165, 1.54) is 46.6 Å². The fraction of sp³-hybridized carbons (Fsp3) is 0.263. The number of nitrogens with one attached hydrogen (secondary N) is 1. The number of benzene rings is 2. The number of nitrogens with zero attached hydrogens (tertiary/aromatic N) is 2. The zero-order valence-corrected chi connectivity index (χ0v) is 15.3. The van der Waals surface area contributed by atoms with Crippen molar-refractivity contribution in [2.75, 3.05) is 18.4 Å². The van der Waals surface area contributed by atoms with Gasteiger partial charge in [0.05, 0.1) is 21.3 Å². The molecular formula is C19H15F4N3OS. The van der Waals surface area contributed by atoms with Crippen molar-refractivity contribution in [3.05, 3.63) is 59.4 Å². The van der Waals surface area contributed by atoms with Gasteiger partial charge in [-0.25, -0.2) is 9.37 Å². The van der Waals surface area contributed by atoms with E-state index in [0.717, 1.165) is 6.07 Å². The van der Waals surface area contributed by atoms with E-state index in [9.17, 15) is 22.4 Å². The minimum atomic E-state index is -4.58. The molecule has 1 unspecified atom stereocenters. The molecule has 146 valence electrons. The van der Waals surface area contributed by atoms with Gasteiger partial charge in [-0.1, -0.05) is 23.5 Å². The van der Waals surface area contributed by atoms with Crippen molar-refractivity contribution in [1.29, 1.82) is 0 Å². The van der Waals surface area contributed by atoms with E-state index in [1.54, 1.807) is 6.07 Å². The summed E-state index contributed by atoms with van der Waals surface area (Å²) in [5.74, 6) is -0.979. The van der Waals surface area contributed by atoms with E-state index in [-0.39, 0.29) is 24.0 Å². The average Bonchev–Trinajstić information content (AvgIpc) is 3.26. The van der Waals surface area contributed by atoms with Crippen molar-refractivity contribution >= 4 is 32.6 Å². The molecule has 1 saturated heterocycles. The molecule has 0 spiro atoms. The second-order valence-corrected chi connectivity index (χ2v) is 7.59. The number of carbonyl (C=O) groups is 1. The zero-order valence-electron chi connectivity index (χ0n) is 14.5. The first-order chi connectivity index (χ1) is 13.3. The summed E-state index contributed by atoms with van der Waals surface area (Å²) in [6, 6.07) is 9.00. The number of thiazole rings is 1. The Morgan fingerprint density at radius 1 is 1.21 bits per heavy atom. The smallest absolute Gasteiger partial charge is 0.357 e. The molecule has 0 aliphatic carbocycles. The van der Waals surface area contributed by atoms with Crippen LogP contribution in [0, 0.1) is 5.82 Å². The van der Waals surface area contributed by atoms with Crippen molar-refractivity contribution in [3.8, 4) is 0 Å². The summed E-state index contributed by atoms with van der Waals surface area (Å²) < 4.78 is 53.5. The molecule has 1 aliphatic rings. The number of carbonyl (C=O) groups excluding carboxylic acids is 1. The van der Waals surface area contributed by atoms with Crippen molar-refractivity contribution in [1.82, 2.24) is 9.88 Å². The van der Waals surface area contributed by atoms with Crippen molar-refractivity contribution < 1.29 is 22.4 Å². The standard InChI is InChI=1S/C19H15F4N3OS/c20-11-5-6-15-16(9-11)28-18(25-15)24-12-7-8-26(10-12)17(27)13-3-1-2-4-14(13)19(21,22)23/h1-6,9,12H,7-8,10H2,(H,24,25). The van der Waals surface area contributed by atoms with Gasteiger partial charge in [-0.15, -0.1) is 0 Å². The highest BCUT2D eigenvalue weighted by Gasteiger charge is 2.37. The van der Waals surface area contributed by atoms with E-state index in [0.29, 0.717) is 28.3 Å². The predicted octanol–water partition coefficient (Wildman–Crippen LogP) is 4.78. The topological polar surface area (TPSA) is 45.2 Å². The van der Waals surface area contributed by atoms with Gasteiger partial charge < -0.3 is 10.2 Å². The lowest BCUT2D eigenvalue weighted by Gasteiger charge is -2.19. The minimum Gasteiger partial charge on any atom is -0.357 e. The molecule has 9 heteroatoms. The number of hydrogen-bond acceptors (Lipinski definition) is 4. The van der Waals surface area contributed by atoms with Crippen LogP contribution >= 0.6 is 11.3 Å². The van der Waals surface area contributed by atoms with Crippen LogP contribution in [0.5, 0.6) is 0 Å². The number of amides is 1. The highest BCUT2D eigenvalue weighted by molar-refractivity contribution is 7.22. The Morgan fingerprint density at radius 3 is 2.79 bits per heavy atom. The normalized spacial score (nSPS) is 17.3. The van der Waals surface area contributed by atoms with E-state index >= 15 is 0 Å². The molecule has 2 aromatic carbocycles. The van der Waals surface area contributed by atoms with Crippen LogP contribution in [0.4, 0.5) is 22.7 Å². The minimum absolute atomic E-state index is 0.132. The monoisotopic (exact) mass is 409 g/mol. The molecule has 1 amide bonds. The molecule has 28 heavy (non-hydrogen) atoms. The van der Waals surface area contributed by atoms with Crippen LogP contribution in [0.15, 0.2) is 42.5 Å². The number of alkyl halides is 3. The Morgan fingerprint density at radius 2 is 2.00 bits per heavy atom. The van der Waals surface area contributed by atoms with Crippen LogP contribution in [0.1, 0.15) is 22.3 Å². The number of anilines is 1. The summed E-state index contributed by atoms with van der Waals surface area (Å²) in [5, 5.41) is 3.79. The number of likely N-dealkylation sites (tertiary alicyclic amines) is 1. The highest BCUT2D eigenvalue weighted by atomic mass is 32.1. The van der Waals surface area contributed by atoms with Crippen molar-refractivity contribution in [2.24, 2.45) is 0 Å². The number of aromatic nitrogens is 1. The summed E-state index contributed by atoms with van der Waals surface area (Å²) in [4.78, 5) is 18.4. The molecule has 3 aromatic rings. The van der Waals surface area contributed by atoms with Gasteiger partial charge in [0, 0.05) is 19.1 Å². The summed E-state index contributed by atoms with van der Waals surface area (Å²) in [5.41, 5.74) is -0.602. The van der Waals surface area contributed by atoms with Crippen molar-refractivity contribution in [3.63, 3.8) is 0 Å². The van der Waals surface area contributed by atoms with Gasteiger partial charge in [-0.2, -0.15) is 13.2 Å². The third-order valence-corrected chi connectivity index (χ3v) is 5.57. The van der Waals surface area contributed by atoms with Gasteiger partial charge in [0.15, 0.2) is 5.13 Å². The summed E-state index contributed by atoms with van der Waals surface area (Å²) in [6.45, 7) is 0.623. The second-order valence-electron chi connectivity index (χ2n) is 6.56. The molecule has 4 rings (SSSR count). The Kier molecular flexibility index (Phi) is 4.70. The third-order valence-electron chi connectivity index (χ3n) is 4.62. The lowest BCUT2D eigenvalue weighted by Crippen LogP contribution is -2.32. The molecular weight excluding hydrogens is 394 g/mol. The van der Waals surface area contributed by atoms with E-state index in [4.69, 9.17) is 0 Å². The van der Waals surface area contributed by atoms with E-state index in [1.807, 2.05) is 0 Å². The maximum Gasteiger partial charge on any atom is 0.417 e.